The first kappa shape index (κ1) is 17.5. The van der Waals surface area contributed by atoms with E-state index in [1.54, 1.807) is 4.90 Å². The van der Waals surface area contributed by atoms with E-state index in [2.05, 4.69) is 33.9 Å². The van der Waals surface area contributed by atoms with Crippen LogP contribution in [-0.2, 0) is 9.16 Å². The maximum Gasteiger partial charge on any atom is 0.410 e. The molecule has 1 amide bonds. The minimum atomic E-state index is -1.67. The van der Waals surface area contributed by atoms with E-state index >= 15 is 0 Å². The van der Waals surface area contributed by atoms with Gasteiger partial charge in [-0.25, -0.2) is 4.79 Å². The van der Waals surface area contributed by atoms with Crippen LogP contribution in [0.1, 0.15) is 48.0 Å². The third-order valence-corrected chi connectivity index (χ3v) is 8.60. The van der Waals surface area contributed by atoms with Crippen LogP contribution in [0.4, 0.5) is 4.79 Å². The van der Waals surface area contributed by atoms with Crippen LogP contribution in [-0.4, -0.2) is 44.1 Å². The highest BCUT2D eigenvalue weighted by Crippen LogP contribution is 2.37. The number of amides is 1. The van der Waals surface area contributed by atoms with E-state index in [9.17, 15) is 4.79 Å². The van der Waals surface area contributed by atoms with Gasteiger partial charge in [0.15, 0.2) is 8.32 Å². The van der Waals surface area contributed by atoms with Crippen molar-refractivity contribution in [3.63, 3.8) is 0 Å². The highest BCUT2D eigenvalue weighted by atomic mass is 28.4. The molecule has 1 saturated heterocycles. The van der Waals surface area contributed by atoms with E-state index in [0.29, 0.717) is 6.04 Å². The molecule has 0 unspecified atom stereocenters. The molecular weight excluding hydrogens is 270 g/mol. The molecule has 118 valence electrons. The normalized spacial score (nSPS) is 20.0. The lowest BCUT2D eigenvalue weighted by molar-refractivity contribution is 0.0403. The topological polar surface area (TPSA) is 38.5 Å². The number of carbonyl (C=O) groups is 1. The predicted octanol–water partition coefficient (Wildman–Crippen LogP) is 4.02. The van der Waals surface area contributed by atoms with Crippen molar-refractivity contribution in [3.8, 4) is 0 Å². The second-order valence-corrected chi connectivity index (χ2v) is 13.0. The van der Waals surface area contributed by atoms with Crippen LogP contribution in [0.25, 0.3) is 0 Å². The Hall–Kier alpha value is -0.553. The summed E-state index contributed by atoms with van der Waals surface area (Å²) in [5.74, 6) is 0. The molecule has 20 heavy (non-hydrogen) atoms. The van der Waals surface area contributed by atoms with Gasteiger partial charge < -0.3 is 14.1 Å². The third-order valence-electron chi connectivity index (χ3n) is 4.06. The fourth-order valence-corrected chi connectivity index (χ4v) is 2.70. The molecular formula is C15H31NO3Si. The minimum absolute atomic E-state index is 0.199. The van der Waals surface area contributed by atoms with Gasteiger partial charge in [0.25, 0.3) is 0 Å². The number of rotatable bonds is 4. The van der Waals surface area contributed by atoms with E-state index in [0.717, 1.165) is 19.6 Å². The lowest BCUT2D eigenvalue weighted by Gasteiger charge is -2.36. The number of nitrogens with zero attached hydrogens (tertiary/aromatic N) is 1. The average molecular weight is 302 g/mol. The summed E-state index contributed by atoms with van der Waals surface area (Å²) in [7, 11) is -1.67. The van der Waals surface area contributed by atoms with Crippen molar-refractivity contribution in [3.05, 3.63) is 0 Å². The predicted molar refractivity (Wildman–Crippen MR) is 84.5 cm³/mol. The summed E-state index contributed by atoms with van der Waals surface area (Å²) >= 11 is 0. The molecule has 1 fully saturated rings. The first-order chi connectivity index (χ1) is 8.83. The molecule has 0 aromatic carbocycles. The Kier molecular flexibility index (Phi) is 4.97. The Morgan fingerprint density at radius 2 is 1.75 bits per heavy atom. The standard InChI is InChI=1S/C15H31NO3Si/c1-14(2,3)19-13(17)16-11-12(16)9-10-18-20(7,8)15(4,5)6/h12H,9-11H2,1-8H3/t12-,16?/m0/s1. The highest BCUT2D eigenvalue weighted by molar-refractivity contribution is 6.74. The van der Waals surface area contributed by atoms with Gasteiger partial charge in [-0.2, -0.15) is 0 Å². The van der Waals surface area contributed by atoms with Crippen molar-refractivity contribution in [2.45, 2.75) is 77.7 Å². The van der Waals surface area contributed by atoms with Crippen molar-refractivity contribution in [2.75, 3.05) is 13.2 Å². The zero-order chi connectivity index (χ0) is 15.8. The smallest absolute Gasteiger partial charge is 0.410 e. The molecule has 0 N–H and O–H groups in total. The van der Waals surface area contributed by atoms with Crippen LogP contribution < -0.4 is 0 Å². The van der Waals surface area contributed by atoms with E-state index in [-0.39, 0.29) is 11.1 Å². The minimum Gasteiger partial charge on any atom is -0.444 e. The zero-order valence-electron chi connectivity index (χ0n) is 14.4. The molecule has 0 aromatic heterocycles. The Balaban J connectivity index is 2.29. The number of hydrogen-bond donors (Lipinski definition) is 0. The molecule has 5 heteroatoms. The van der Waals surface area contributed by atoms with Crippen LogP contribution in [0.2, 0.25) is 18.1 Å². The molecule has 1 atom stereocenters. The van der Waals surface area contributed by atoms with Crippen molar-refractivity contribution in [1.82, 2.24) is 4.90 Å². The molecule has 1 aliphatic heterocycles. The first-order valence-corrected chi connectivity index (χ1v) is 10.4. The van der Waals surface area contributed by atoms with Gasteiger partial charge in [0.05, 0.1) is 6.04 Å². The Morgan fingerprint density at radius 1 is 1.20 bits per heavy atom. The van der Waals surface area contributed by atoms with Crippen LogP contribution >= 0.6 is 0 Å². The summed E-state index contributed by atoms with van der Waals surface area (Å²) in [4.78, 5) is 13.6. The quantitative estimate of drug-likeness (QED) is 0.581. The third kappa shape index (κ3) is 5.09. The van der Waals surface area contributed by atoms with E-state index in [1.165, 1.54) is 0 Å². The molecule has 0 radical (unpaired) electrons. The molecule has 1 heterocycles. The molecule has 4 nitrogen and oxygen atoms in total. The van der Waals surface area contributed by atoms with Crippen LogP contribution in [0.5, 0.6) is 0 Å². The van der Waals surface area contributed by atoms with Crippen molar-refractivity contribution >= 4 is 14.4 Å². The fourth-order valence-electron chi connectivity index (χ4n) is 1.64. The SMILES string of the molecule is CC(C)(C)OC(=O)N1C[C@@H]1CCO[Si](C)(C)C(C)(C)C. The Bertz CT molecular complexity index is 355. The molecule has 0 aliphatic carbocycles. The Labute approximate surface area is 124 Å². The lowest BCUT2D eigenvalue weighted by Crippen LogP contribution is -2.41. The van der Waals surface area contributed by atoms with Gasteiger partial charge in [0, 0.05) is 13.2 Å². The molecule has 0 aromatic rings. The number of hydrogen-bond acceptors (Lipinski definition) is 3. The van der Waals surface area contributed by atoms with Gasteiger partial charge in [-0.3, -0.25) is 0 Å². The van der Waals surface area contributed by atoms with Gasteiger partial charge in [-0.15, -0.1) is 0 Å². The van der Waals surface area contributed by atoms with E-state index in [1.807, 2.05) is 20.8 Å². The molecule has 1 rings (SSSR count). The molecule has 1 aliphatic rings. The summed E-state index contributed by atoms with van der Waals surface area (Å²) in [6.45, 7) is 18.4. The Morgan fingerprint density at radius 3 is 2.20 bits per heavy atom. The zero-order valence-corrected chi connectivity index (χ0v) is 15.4. The summed E-state index contributed by atoms with van der Waals surface area (Å²) in [6, 6.07) is 0.301. The van der Waals surface area contributed by atoms with E-state index < -0.39 is 13.9 Å². The van der Waals surface area contributed by atoms with Gasteiger partial charge in [-0.05, 0) is 45.3 Å². The van der Waals surface area contributed by atoms with Crippen LogP contribution in [0.3, 0.4) is 0 Å². The number of ether oxygens (including phenoxy) is 1. The van der Waals surface area contributed by atoms with Crippen molar-refractivity contribution in [1.29, 1.82) is 0 Å². The summed E-state index contributed by atoms with van der Waals surface area (Å²) in [6.07, 6.45) is 0.709. The van der Waals surface area contributed by atoms with Gasteiger partial charge in [0.1, 0.15) is 5.60 Å². The van der Waals surface area contributed by atoms with Crippen molar-refractivity contribution < 1.29 is 14.0 Å². The summed E-state index contributed by atoms with van der Waals surface area (Å²) < 4.78 is 11.5. The highest BCUT2D eigenvalue weighted by Gasteiger charge is 2.42. The summed E-state index contributed by atoms with van der Waals surface area (Å²) in [5.41, 5.74) is -0.415. The maximum absolute atomic E-state index is 11.8. The molecule has 0 bridgehead atoms. The van der Waals surface area contributed by atoms with E-state index in [4.69, 9.17) is 9.16 Å². The summed E-state index contributed by atoms with van der Waals surface area (Å²) in [5, 5.41) is 0.238. The fraction of sp³-hybridized carbons (Fsp3) is 0.933. The second-order valence-electron chi connectivity index (χ2n) is 8.18. The van der Waals surface area contributed by atoms with Gasteiger partial charge >= 0.3 is 6.09 Å². The molecule has 0 spiro atoms. The van der Waals surface area contributed by atoms with Gasteiger partial charge in [-0.1, -0.05) is 20.8 Å². The first-order valence-electron chi connectivity index (χ1n) is 7.47. The van der Waals surface area contributed by atoms with Crippen LogP contribution in [0, 0.1) is 0 Å². The van der Waals surface area contributed by atoms with Crippen molar-refractivity contribution in [2.24, 2.45) is 0 Å². The van der Waals surface area contributed by atoms with Gasteiger partial charge in [0.2, 0.25) is 0 Å². The second kappa shape index (κ2) is 5.68. The molecule has 0 saturated carbocycles. The monoisotopic (exact) mass is 301 g/mol. The largest absolute Gasteiger partial charge is 0.444 e. The lowest BCUT2D eigenvalue weighted by atomic mass is 10.2. The average Bonchev–Trinajstić information content (AvgIpc) is 2.92. The maximum atomic E-state index is 11.8. The number of carbonyl (C=O) groups excluding carboxylic acids is 1. The van der Waals surface area contributed by atoms with Crippen LogP contribution in [0.15, 0.2) is 0 Å².